The van der Waals surface area contributed by atoms with E-state index in [1.54, 1.807) is 12.1 Å². The largest absolute Gasteiger partial charge is 0.350 e. The molecule has 0 atom stereocenters. The second-order valence-electron chi connectivity index (χ2n) is 9.11. The predicted octanol–water partition coefficient (Wildman–Crippen LogP) is 6.60. The van der Waals surface area contributed by atoms with Gasteiger partial charge in [-0.3, -0.25) is 0 Å². The lowest BCUT2D eigenvalue weighted by molar-refractivity contribution is -0.0514. The monoisotopic (exact) mass is 386 g/mol. The summed E-state index contributed by atoms with van der Waals surface area (Å²) in [6, 6.07) is 6.81. The molecule has 2 saturated carbocycles. The maximum atomic E-state index is 13.0. The second kappa shape index (κ2) is 10.0. The van der Waals surface area contributed by atoms with Crippen LogP contribution < -0.4 is 0 Å². The molecule has 3 aliphatic rings. The van der Waals surface area contributed by atoms with E-state index in [0.717, 1.165) is 43.0 Å². The molecule has 0 radical (unpaired) electrons. The van der Waals surface area contributed by atoms with Crippen LogP contribution in [-0.4, -0.2) is 19.5 Å². The first-order chi connectivity index (χ1) is 13.8. The molecule has 0 N–H and O–H groups in total. The fraction of sp³-hybridized carbons (Fsp3) is 0.680. The Bertz CT molecular complexity index is 604. The van der Waals surface area contributed by atoms with Crippen LogP contribution in [0.5, 0.6) is 0 Å². The Balaban J connectivity index is 1.15. The van der Waals surface area contributed by atoms with Crippen LogP contribution in [-0.2, 0) is 9.47 Å². The van der Waals surface area contributed by atoms with E-state index in [2.05, 4.69) is 12.2 Å². The second-order valence-corrected chi connectivity index (χ2v) is 9.11. The molecule has 1 aromatic carbocycles. The highest BCUT2D eigenvalue weighted by atomic mass is 19.1. The number of hydrogen-bond acceptors (Lipinski definition) is 2. The van der Waals surface area contributed by atoms with E-state index in [9.17, 15) is 4.39 Å². The Morgan fingerprint density at radius 1 is 0.786 bits per heavy atom. The molecule has 1 saturated heterocycles. The van der Waals surface area contributed by atoms with Gasteiger partial charge in [0.05, 0.1) is 13.2 Å². The van der Waals surface area contributed by atoms with Crippen molar-refractivity contribution in [2.24, 2.45) is 23.7 Å². The van der Waals surface area contributed by atoms with Gasteiger partial charge in [0.25, 0.3) is 0 Å². The summed E-state index contributed by atoms with van der Waals surface area (Å²) >= 11 is 0. The Labute approximate surface area is 169 Å². The summed E-state index contributed by atoms with van der Waals surface area (Å²) in [6.45, 7) is 1.55. The van der Waals surface area contributed by atoms with E-state index in [-0.39, 0.29) is 12.1 Å². The summed E-state index contributed by atoms with van der Waals surface area (Å²) in [4.78, 5) is 0. The minimum absolute atomic E-state index is 0.0796. The topological polar surface area (TPSA) is 18.5 Å². The molecular weight excluding hydrogens is 351 g/mol. The van der Waals surface area contributed by atoms with Gasteiger partial charge in [0.15, 0.2) is 6.29 Å². The molecule has 2 aliphatic carbocycles. The summed E-state index contributed by atoms with van der Waals surface area (Å²) < 4.78 is 24.2. The van der Waals surface area contributed by atoms with Gasteiger partial charge in [0, 0.05) is 0 Å². The molecule has 1 aliphatic heterocycles. The van der Waals surface area contributed by atoms with E-state index in [1.165, 1.54) is 57.8 Å². The summed E-state index contributed by atoms with van der Waals surface area (Å²) in [6.07, 6.45) is 18.0. The van der Waals surface area contributed by atoms with Gasteiger partial charge in [-0.05, 0) is 92.7 Å². The fourth-order valence-electron chi connectivity index (χ4n) is 5.52. The molecule has 3 fully saturated rings. The van der Waals surface area contributed by atoms with Crippen molar-refractivity contribution in [3.05, 3.63) is 41.7 Å². The Morgan fingerprint density at radius 3 is 2.04 bits per heavy atom. The van der Waals surface area contributed by atoms with E-state index in [4.69, 9.17) is 9.47 Å². The summed E-state index contributed by atoms with van der Waals surface area (Å²) in [5, 5.41) is 0. The molecular formula is C25H35FO2. The van der Waals surface area contributed by atoms with Crippen molar-refractivity contribution < 1.29 is 13.9 Å². The number of allylic oxidation sites excluding steroid dienone is 1. The third-order valence-electron chi connectivity index (χ3n) is 7.31. The molecule has 0 unspecified atom stereocenters. The minimum Gasteiger partial charge on any atom is -0.350 e. The number of rotatable bonds is 6. The van der Waals surface area contributed by atoms with E-state index in [1.807, 2.05) is 12.1 Å². The molecule has 154 valence electrons. The van der Waals surface area contributed by atoms with Crippen LogP contribution in [0.1, 0.15) is 69.8 Å². The lowest BCUT2D eigenvalue weighted by Gasteiger charge is -2.37. The van der Waals surface area contributed by atoms with Crippen molar-refractivity contribution in [1.29, 1.82) is 0 Å². The van der Waals surface area contributed by atoms with Crippen molar-refractivity contribution in [3.8, 4) is 0 Å². The fourth-order valence-corrected chi connectivity index (χ4v) is 5.52. The first kappa shape index (κ1) is 20.1. The van der Waals surface area contributed by atoms with Gasteiger partial charge < -0.3 is 9.47 Å². The Morgan fingerprint density at radius 2 is 1.39 bits per heavy atom. The maximum absolute atomic E-state index is 13.0. The molecule has 0 aromatic heterocycles. The number of halogens is 1. The highest BCUT2D eigenvalue weighted by molar-refractivity contribution is 5.49. The molecule has 3 heteroatoms. The molecule has 1 aromatic rings. The van der Waals surface area contributed by atoms with E-state index >= 15 is 0 Å². The van der Waals surface area contributed by atoms with Gasteiger partial charge in [-0.25, -0.2) is 4.39 Å². The van der Waals surface area contributed by atoms with E-state index < -0.39 is 0 Å². The maximum Gasteiger partial charge on any atom is 0.157 e. The summed E-state index contributed by atoms with van der Waals surface area (Å²) in [5.41, 5.74) is 1.11. The van der Waals surface area contributed by atoms with Gasteiger partial charge in [-0.15, -0.1) is 0 Å². The smallest absolute Gasteiger partial charge is 0.157 e. The van der Waals surface area contributed by atoms with Crippen molar-refractivity contribution in [1.82, 2.24) is 0 Å². The van der Waals surface area contributed by atoms with Gasteiger partial charge in [0.1, 0.15) is 5.82 Å². The Kier molecular flexibility index (Phi) is 7.20. The first-order valence-corrected chi connectivity index (χ1v) is 11.4. The zero-order valence-corrected chi connectivity index (χ0v) is 17.0. The highest BCUT2D eigenvalue weighted by Gasteiger charge is 2.30. The molecule has 0 amide bonds. The van der Waals surface area contributed by atoms with Gasteiger partial charge in [-0.1, -0.05) is 37.1 Å². The quantitative estimate of drug-likeness (QED) is 0.548. The lowest BCUT2D eigenvalue weighted by atomic mass is 9.68. The zero-order chi connectivity index (χ0) is 19.2. The molecule has 28 heavy (non-hydrogen) atoms. The molecule has 4 rings (SSSR count). The van der Waals surface area contributed by atoms with E-state index in [0.29, 0.717) is 5.92 Å². The van der Waals surface area contributed by atoms with Crippen molar-refractivity contribution >= 4 is 6.08 Å². The van der Waals surface area contributed by atoms with Crippen LogP contribution in [0.25, 0.3) is 6.08 Å². The normalized spacial score (nSPS) is 32.2. The average molecular weight is 387 g/mol. The lowest BCUT2D eigenvalue weighted by Crippen LogP contribution is -2.26. The van der Waals surface area contributed by atoms with Gasteiger partial charge in [-0.2, -0.15) is 0 Å². The summed E-state index contributed by atoms with van der Waals surface area (Å²) in [5.74, 6) is 3.32. The standard InChI is InChI=1S/C25H35FO2/c26-24-14-7-20(8-15-24)2-1-19-3-10-22(11-4-19)23-12-5-21(6-13-23)9-16-25-27-17-18-28-25/h1-2,7-8,14-15,19,21-23,25H,3-6,9-13,16-18H2/b2-1+. The number of ether oxygens (including phenoxy) is 2. The molecule has 2 nitrogen and oxygen atoms in total. The van der Waals surface area contributed by atoms with Crippen LogP contribution in [0, 0.1) is 29.5 Å². The predicted molar refractivity (Wildman–Crippen MR) is 111 cm³/mol. The molecule has 1 heterocycles. The van der Waals surface area contributed by atoms with Crippen molar-refractivity contribution in [3.63, 3.8) is 0 Å². The zero-order valence-electron chi connectivity index (χ0n) is 17.0. The number of hydrogen-bond donors (Lipinski definition) is 0. The third kappa shape index (κ3) is 5.67. The van der Waals surface area contributed by atoms with Crippen LogP contribution in [0.3, 0.4) is 0 Å². The van der Waals surface area contributed by atoms with Crippen LogP contribution in [0.4, 0.5) is 4.39 Å². The van der Waals surface area contributed by atoms with Crippen LogP contribution in [0.15, 0.2) is 30.3 Å². The van der Waals surface area contributed by atoms with Crippen molar-refractivity contribution in [2.75, 3.05) is 13.2 Å². The van der Waals surface area contributed by atoms with Gasteiger partial charge in [0.2, 0.25) is 0 Å². The molecule has 0 spiro atoms. The van der Waals surface area contributed by atoms with Crippen LogP contribution in [0.2, 0.25) is 0 Å². The molecule has 0 bridgehead atoms. The third-order valence-corrected chi connectivity index (χ3v) is 7.31. The van der Waals surface area contributed by atoms with Crippen molar-refractivity contribution in [2.45, 2.75) is 70.5 Å². The average Bonchev–Trinajstić information content (AvgIpc) is 3.26. The van der Waals surface area contributed by atoms with Crippen LogP contribution >= 0.6 is 0 Å². The first-order valence-electron chi connectivity index (χ1n) is 11.4. The number of benzene rings is 1. The summed E-state index contributed by atoms with van der Waals surface area (Å²) in [7, 11) is 0. The van der Waals surface area contributed by atoms with Gasteiger partial charge >= 0.3 is 0 Å². The SMILES string of the molecule is Fc1ccc(/C=C/C2CCC(C3CCC(CCC4OCCO4)CC3)CC2)cc1. The minimum atomic E-state index is -0.160. The highest BCUT2D eigenvalue weighted by Crippen LogP contribution is 2.42. The Hall–Kier alpha value is -1.19.